The molecule has 1 fully saturated rings. The van der Waals surface area contributed by atoms with Gasteiger partial charge in [-0.25, -0.2) is 12.8 Å². The second kappa shape index (κ2) is 13.7. The number of ether oxygens (including phenoxy) is 2. The third-order valence-electron chi connectivity index (χ3n) is 7.40. The Balaban J connectivity index is 1.74. The normalized spacial score (nSPS) is 14.2. The van der Waals surface area contributed by atoms with Crippen LogP contribution >= 0.6 is 0 Å². The van der Waals surface area contributed by atoms with Gasteiger partial charge in [0.25, 0.3) is 10.0 Å². The molecular formula is C31H36FN3O6S. The van der Waals surface area contributed by atoms with Crippen molar-refractivity contribution in [3.63, 3.8) is 0 Å². The molecule has 0 saturated heterocycles. The highest BCUT2D eigenvalue weighted by atomic mass is 32.2. The summed E-state index contributed by atoms with van der Waals surface area (Å²) < 4.78 is 53.5. The third kappa shape index (κ3) is 7.20. The molecule has 1 aliphatic rings. The van der Waals surface area contributed by atoms with E-state index in [1.165, 1.54) is 61.6 Å². The predicted molar refractivity (Wildman–Crippen MR) is 157 cm³/mol. The predicted octanol–water partition coefficient (Wildman–Crippen LogP) is 4.51. The maximum absolute atomic E-state index is 14.1. The van der Waals surface area contributed by atoms with Gasteiger partial charge in [-0.05, 0) is 61.7 Å². The number of hydrogen-bond donors (Lipinski definition) is 1. The van der Waals surface area contributed by atoms with Crippen LogP contribution in [0.1, 0.15) is 38.2 Å². The molecule has 0 spiro atoms. The Morgan fingerprint density at radius 1 is 0.976 bits per heavy atom. The molecule has 0 radical (unpaired) electrons. The molecule has 224 valence electrons. The smallest absolute Gasteiger partial charge is 0.264 e. The molecule has 0 unspecified atom stereocenters. The summed E-state index contributed by atoms with van der Waals surface area (Å²) in [7, 11) is -1.44. The van der Waals surface area contributed by atoms with E-state index in [0.29, 0.717) is 11.3 Å². The Labute approximate surface area is 246 Å². The zero-order valence-corrected chi connectivity index (χ0v) is 24.8. The summed E-state index contributed by atoms with van der Waals surface area (Å²) in [6.07, 6.45) is 3.77. The summed E-state index contributed by atoms with van der Waals surface area (Å²) in [6.45, 7) is 0.934. The highest BCUT2D eigenvalue weighted by Crippen LogP contribution is 2.36. The zero-order valence-electron chi connectivity index (χ0n) is 24.0. The second-order valence-electron chi connectivity index (χ2n) is 10.2. The van der Waals surface area contributed by atoms with Gasteiger partial charge >= 0.3 is 0 Å². The lowest BCUT2D eigenvalue weighted by Crippen LogP contribution is -2.52. The topological polar surface area (TPSA) is 105 Å². The molecule has 1 atom stereocenters. The van der Waals surface area contributed by atoms with E-state index in [0.717, 1.165) is 30.0 Å². The van der Waals surface area contributed by atoms with Crippen molar-refractivity contribution in [3.05, 3.63) is 84.2 Å². The number of sulfonamides is 1. The van der Waals surface area contributed by atoms with Gasteiger partial charge in [0.15, 0.2) is 0 Å². The summed E-state index contributed by atoms with van der Waals surface area (Å²) in [5, 5.41) is 3.02. The first-order chi connectivity index (χ1) is 20.1. The maximum atomic E-state index is 14.1. The van der Waals surface area contributed by atoms with Gasteiger partial charge in [-0.3, -0.25) is 13.9 Å². The first-order valence-electron chi connectivity index (χ1n) is 13.8. The van der Waals surface area contributed by atoms with Gasteiger partial charge in [0.1, 0.15) is 29.9 Å². The maximum Gasteiger partial charge on any atom is 0.264 e. The monoisotopic (exact) mass is 597 g/mol. The molecular weight excluding hydrogens is 561 g/mol. The fourth-order valence-electron chi connectivity index (χ4n) is 4.99. The first kappa shape index (κ1) is 30.8. The fraction of sp³-hybridized carbons (Fsp3) is 0.355. The quantitative estimate of drug-likeness (QED) is 0.329. The van der Waals surface area contributed by atoms with E-state index in [-0.39, 0.29) is 34.8 Å². The molecule has 2 amide bonds. The van der Waals surface area contributed by atoms with Gasteiger partial charge in [-0.2, -0.15) is 0 Å². The van der Waals surface area contributed by atoms with E-state index < -0.39 is 34.3 Å². The van der Waals surface area contributed by atoms with Gasteiger partial charge in [-0.15, -0.1) is 0 Å². The number of halogens is 1. The van der Waals surface area contributed by atoms with Crippen LogP contribution in [-0.4, -0.2) is 58.0 Å². The molecule has 3 aromatic rings. The molecule has 0 heterocycles. The van der Waals surface area contributed by atoms with Crippen LogP contribution < -0.4 is 19.1 Å². The summed E-state index contributed by atoms with van der Waals surface area (Å²) in [5.74, 6) is -0.834. The number of rotatable bonds is 12. The lowest BCUT2D eigenvalue weighted by atomic mass is 10.1. The van der Waals surface area contributed by atoms with Crippen molar-refractivity contribution in [3.8, 4) is 11.5 Å². The van der Waals surface area contributed by atoms with Gasteiger partial charge in [0.2, 0.25) is 11.8 Å². The van der Waals surface area contributed by atoms with Crippen LogP contribution in [0.4, 0.5) is 10.1 Å². The van der Waals surface area contributed by atoms with Crippen LogP contribution in [0.3, 0.4) is 0 Å². The van der Waals surface area contributed by atoms with Crippen LogP contribution in [0.2, 0.25) is 0 Å². The fourth-order valence-corrected chi connectivity index (χ4v) is 6.42. The minimum Gasteiger partial charge on any atom is -0.497 e. The lowest BCUT2D eigenvalue weighted by molar-refractivity contribution is -0.139. The number of nitrogens with one attached hydrogen (secondary N) is 1. The molecule has 0 bridgehead atoms. The van der Waals surface area contributed by atoms with E-state index in [4.69, 9.17) is 9.47 Å². The van der Waals surface area contributed by atoms with Crippen molar-refractivity contribution in [2.45, 2.75) is 56.1 Å². The molecule has 1 N–H and O–H groups in total. The van der Waals surface area contributed by atoms with Crippen molar-refractivity contribution in [2.75, 3.05) is 25.1 Å². The van der Waals surface area contributed by atoms with Crippen LogP contribution in [0, 0.1) is 5.82 Å². The molecule has 42 heavy (non-hydrogen) atoms. The van der Waals surface area contributed by atoms with Gasteiger partial charge < -0.3 is 19.7 Å². The number of nitrogens with zero attached hydrogens (tertiary/aromatic N) is 2. The summed E-state index contributed by atoms with van der Waals surface area (Å²) in [6, 6.07) is 17.1. The molecule has 0 aromatic heterocycles. The van der Waals surface area contributed by atoms with Crippen molar-refractivity contribution < 1.29 is 31.9 Å². The highest BCUT2D eigenvalue weighted by molar-refractivity contribution is 7.92. The number of benzene rings is 3. The van der Waals surface area contributed by atoms with Crippen molar-refractivity contribution in [2.24, 2.45) is 0 Å². The van der Waals surface area contributed by atoms with Gasteiger partial charge in [0.05, 0.1) is 24.8 Å². The number of carbonyl (C=O) groups excluding carboxylic acids is 2. The molecule has 1 aliphatic carbocycles. The zero-order chi connectivity index (χ0) is 30.3. The largest absolute Gasteiger partial charge is 0.497 e. The molecule has 4 rings (SSSR count). The average molecular weight is 598 g/mol. The Morgan fingerprint density at radius 2 is 1.64 bits per heavy atom. The summed E-state index contributed by atoms with van der Waals surface area (Å²) in [5.41, 5.74) is 0.681. The number of hydrogen-bond acceptors (Lipinski definition) is 6. The lowest BCUT2D eigenvalue weighted by Gasteiger charge is -2.33. The molecule has 11 heteroatoms. The van der Waals surface area contributed by atoms with Crippen LogP contribution in [0.15, 0.2) is 77.7 Å². The molecule has 1 saturated carbocycles. The molecule has 3 aromatic carbocycles. The van der Waals surface area contributed by atoms with E-state index in [9.17, 15) is 22.4 Å². The summed E-state index contributed by atoms with van der Waals surface area (Å²) >= 11 is 0. The van der Waals surface area contributed by atoms with E-state index in [2.05, 4.69) is 5.32 Å². The van der Waals surface area contributed by atoms with Gasteiger partial charge in [-0.1, -0.05) is 43.2 Å². The number of anilines is 1. The third-order valence-corrected chi connectivity index (χ3v) is 9.17. The standard InChI is InChI=1S/C31H36FN3O6S/c1-22(31(37)33-25-9-7-8-10-25)34(20-23-13-15-24(32)16-14-23)30(36)21-35(42(38,39)27-11-5-4-6-12-27)28-19-26(40-2)17-18-29(28)41-3/h4-6,11-19,22,25H,7-10,20-21H2,1-3H3,(H,33,37)/t22-/m0/s1. The van der Waals surface area contributed by atoms with Crippen molar-refractivity contribution in [1.29, 1.82) is 0 Å². The molecule has 9 nitrogen and oxygen atoms in total. The van der Waals surface area contributed by atoms with Crippen molar-refractivity contribution >= 4 is 27.5 Å². The van der Waals surface area contributed by atoms with Crippen molar-refractivity contribution in [1.82, 2.24) is 10.2 Å². The average Bonchev–Trinajstić information content (AvgIpc) is 3.52. The number of methoxy groups -OCH3 is 2. The van der Waals surface area contributed by atoms with Crippen LogP contribution in [0.5, 0.6) is 11.5 Å². The minimum absolute atomic E-state index is 0.0266. The Hall–Kier alpha value is -4.12. The number of amides is 2. The summed E-state index contributed by atoms with van der Waals surface area (Å²) in [4.78, 5) is 28.7. The highest BCUT2D eigenvalue weighted by Gasteiger charge is 2.34. The molecule has 0 aliphatic heterocycles. The Kier molecular flexibility index (Phi) is 10.1. The van der Waals surface area contributed by atoms with E-state index in [1.807, 2.05) is 0 Å². The van der Waals surface area contributed by atoms with Gasteiger partial charge in [0, 0.05) is 18.7 Å². The van der Waals surface area contributed by atoms with E-state index in [1.54, 1.807) is 37.3 Å². The first-order valence-corrected chi connectivity index (χ1v) is 15.2. The number of carbonyl (C=O) groups is 2. The Morgan fingerprint density at radius 3 is 2.26 bits per heavy atom. The SMILES string of the molecule is COc1ccc(OC)c(N(CC(=O)N(Cc2ccc(F)cc2)[C@@H](C)C(=O)NC2CCCC2)S(=O)(=O)c2ccccc2)c1. The van der Waals surface area contributed by atoms with Crippen LogP contribution in [0.25, 0.3) is 0 Å². The Bertz CT molecular complexity index is 1480. The second-order valence-corrected chi connectivity index (χ2v) is 12.0. The minimum atomic E-state index is -4.28. The van der Waals surface area contributed by atoms with Crippen LogP contribution in [-0.2, 0) is 26.2 Å². The van der Waals surface area contributed by atoms with E-state index >= 15 is 0 Å².